The number of likely N-dealkylation sites (tertiary alicyclic amines) is 1. The number of fused-ring (bicyclic) bond motifs is 1. The Labute approximate surface area is 167 Å². The minimum Gasteiger partial charge on any atom is -0.333 e. The van der Waals surface area contributed by atoms with Crippen LogP contribution >= 0.6 is 0 Å². The lowest BCUT2D eigenvalue weighted by atomic mass is 9.87. The topological polar surface area (TPSA) is 38.1 Å². The predicted octanol–water partition coefficient (Wildman–Crippen LogP) is 5.07. The van der Waals surface area contributed by atoms with E-state index in [2.05, 4.69) is 67.8 Å². The number of nitrogens with zero attached hydrogens (tertiary/aromatic N) is 3. The van der Waals surface area contributed by atoms with E-state index in [1.807, 2.05) is 11.0 Å². The van der Waals surface area contributed by atoms with Gasteiger partial charge < -0.3 is 9.47 Å². The first-order valence-corrected chi connectivity index (χ1v) is 10.2. The van der Waals surface area contributed by atoms with E-state index < -0.39 is 0 Å². The van der Waals surface area contributed by atoms with Crippen LogP contribution in [-0.2, 0) is 16.8 Å². The van der Waals surface area contributed by atoms with E-state index in [1.165, 1.54) is 11.1 Å². The summed E-state index contributed by atoms with van der Waals surface area (Å²) in [5, 5.41) is 0. The predicted molar refractivity (Wildman–Crippen MR) is 113 cm³/mol. The zero-order valence-corrected chi connectivity index (χ0v) is 17.3. The normalized spacial score (nSPS) is 17.4. The Balaban J connectivity index is 1.74. The van der Waals surface area contributed by atoms with Crippen molar-refractivity contribution in [1.29, 1.82) is 0 Å². The van der Waals surface area contributed by atoms with Gasteiger partial charge in [-0.3, -0.25) is 4.79 Å². The summed E-state index contributed by atoms with van der Waals surface area (Å²) in [6.45, 7) is 9.96. The molecule has 1 atom stereocenters. The lowest BCUT2D eigenvalue weighted by molar-refractivity contribution is -0.129. The number of hydrogen-bond donors (Lipinski definition) is 0. The molecule has 1 fully saturated rings. The quantitative estimate of drug-likeness (QED) is 0.641. The van der Waals surface area contributed by atoms with Crippen molar-refractivity contribution in [2.24, 2.45) is 0 Å². The SMILES string of the molecule is CC(=O)N1CCC[C@H]1c1nc2ccccc2n1Cc1ccc(C(C)(C)C)cc1. The minimum absolute atomic E-state index is 0.0683. The molecule has 0 N–H and O–H groups in total. The molecule has 28 heavy (non-hydrogen) atoms. The van der Waals surface area contributed by atoms with Crippen LogP contribution in [0.1, 0.15) is 63.5 Å². The maximum absolute atomic E-state index is 12.1. The maximum Gasteiger partial charge on any atom is 0.220 e. The smallest absolute Gasteiger partial charge is 0.220 e. The fraction of sp³-hybridized carbons (Fsp3) is 0.417. The van der Waals surface area contributed by atoms with Crippen LogP contribution < -0.4 is 0 Å². The molecule has 4 heteroatoms. The maximum atomic E-state index is 12.1. The van der Waals surface area contributed by atoms with Crippen LogP contribution in [0.5, 0.6) is 0 Å². The molecular formula is C24H29N3O. The van der Waals surface area contributed by atoms with Gasteiger partial charge in [-0.2, -0.15) is 0 Å². The lowest BCUT2D eigenvalue weighted by Crippen LogP contribution is -2.30. The molecular weight excluding hydrogens is 346 g/mol. The first-order valence-electron chi connectivity index (χ1n) is 10.2. The second-order valence-electron chi connectivity index (χ2n) is 8.86. The van der Waals surface area contributed by atoms with Crippen LogP contribution in [0.4, 0.5) is 0 Å². The molecule has 1 aliphatic heterocycles. The number of hydrogen-bond acceptors (Lipinski definition) is 2. The summed E-state index contributed by atoms with van der Waals surface area (Å²) >= 11 is 0. The first-order chi connectivity index (χ1) is 13.3. The summed E-state index contributed by atoms with van der Waals surface area (Å²) in [5.74, 6) is 1.14. The highest BCUT2D eigenvalue weighted by Gasteiger charge is 2.32. The van der Waals surface area contributed by atoms with E-state index in [0.717, 1.165) is 42.8 Å². The summed E-state index contributed by atoms with van der Waals surface area (Å²) in [4.78, 5) is 19.1. The van der Waals surface area contributed by atoms with Crippen molar-refractivity contribution >= 4 is 16.9 Å². The Morgan fingerprint density at radius 2 is 1.82 bits per heavy atom. The number of benzene rings is 2. The second-order valence-corrected chi connectivity index (χ2v) is 8.86. The minimum atomic E-state index is 0.0683. The number of aromatic nitrogens is 2. The summed E-state index contributed by atoms with van der Waals surface area (Å²) < 4.78 is 2.30. The van der Waals surface area contributed by atoms with Gasteiger partial charge in [-0.1, -0.05) is 57.2 Å². The number of rotatable bonds is 3. The first kappa shape index (κ1) is 18.7. The Kier molecular flexibility index (Phi) is 4.74. The molecule has 0 unspecified atom stereocenters. The largest absolute Gasteiger partial charge is 0.333 e. The van der Waals surface area contributed by atoms with Crippen LogP contribution in [0.25, 0.3) is 11.0 Å². The third kappa shape index (κ3) is 3.44. The van der Waals surface area contributed by atoms with Crippen molar-refractivity contribution in [3.05, 3.63) is 65.5 Å². The summed E-state index contributed by atoms with van der Waals surface area (Å²) in [5.41, 5.74) is 4.87. The van der Waals surface area contributed by atoms with Crippen molar-refractivity contribution in [1.82, 2.24) is 14.5 Å². The third-order valence-corrected chi connectivity index (χ3v) is 5.80. The number of carbonyl (C=O) groups is 1. The van der Waals surface area contributed by atoms with Gasteiger partial charge in [-0.05, 0) is 41.5 Å². The van der Waals surface area contributed by atoms with Crippen LogP contribution in [0.2, 0.25) is 0 Å². The van der Waals surface area contributed by atoms with E-state index in [-0.39, 0.29) is 17.4 Å². The zero-order chi connectivity index (χ0) is 19.9. The van der Waals surface area contributed by atoms with Gasteiger partial charge in [0.1, 0.15) is 5.82 Å². The van der Waals surface area contributed by atoms with Crippen molar-refractivity contribution < 1.29 is 4.79 Å². The molecule has 0 aliphatic carbocycles. The van der Waals surface area contributed by atoms with Crippen molar-refractivity contribution in [2.45, 2.75) is 58.5 Å². The molecule has 4 rings (SSSR count). The number of imidazole rings is 1. The molecule has 1 aliphatic rings. The van der Waals surface area contributed by atoms with Gasteiger partial charge in [-0.25, -0.2) is 4.98 Å². The highest BCUT2D eigenvalue weighted by Crippen LogP contribution is 2.34. The standard InChI is InChI=1S/C24H29N3O/c1-17(28)26-15-7-10-22(26)23-25-20-8-5-6-9-21(20)27(23)16-18-11-13-19(14-12-18)24(2,3)4/h5-6,8-9,11-14,22H,7,10,15-16H2,1-4H3/t22-/m0/s1. The van der Waals surface area contributed by atoms with Crippen LogP contribution in [-0.4, -0.2) is 26.9 Å². The van der Waals surface area contributed by atoms with Gasteiger partial charge in [0.2, 0.25) is 5.91 Å². The van der Waals surface area contributed by atoms with Gasteiger partial charge >= 0.3 is 0 Å². The summed E-state index contributed by atoms with van der Waals surface area (Å²) in [6.07, 6.45) is 2.01. The monoisotopic (exact) mass is 375 g/mol. The fourth-order valence-electron chi connectivity index (χ4n) is 4.22. The molecule has 4 nitrogen and oxygen atoms in total. The van der Waals surface area contributed by atoms with E-state index in [1.54, 1.807) is 6.92 Å². The van der Waals surface area contributed by atoms with Crippen molar-refractivity contribution in [3.63, 3.8) is 0 Å². The van der Waals surface area contributed by atoms with E-state index >= 15 is 0 Å². The highest BCUT2D eigenvalue weighted by atomic mass is 16.2. The Morgan fingerprint density at radius 1 is 1.11 bits per heavy atom. The van der Waals surface area contributed by atoms with Gasteiger partial charge in [-0.15, -0.1) is 0 Å². The number of amides is 1. The van der Waals surface area contributed by atoms with Gasteiger partial charge in [0.05, 0.1) is 17.1 Å². The molecule has 1 amide bonds. The highest BCUT2D eigenvalue weighted by molar-refractivity contribution is 5.77. The second kappa shape index (κ2) is 7.08. The van der Waals surface area contributed by atoms with Gasteiger partial charge in [0.15, 0.2) is 0 Å². The molecule has 0 bridgehead atoms. The molecule has 0 saturated carbocycles. The molecule has 0 spiro atoms. The van der Waals surface area contributed by atoms with E-state index in [9.17, 15) is 4.79 Å². The molecule has 3 aromatic rings. The molecule has 2 aromatic carbocycles. The number of para-hydroxylation sites is 2. The average Bonchev–Trinajstić information content (AvgIpc) is 3.26. The lowest BCUT2D eigenvalue weighted by Gasteiger charge is -2.24. The van der Waals surface area contributed by atoms with Crippen LogP contribution in [0.15, 0.2) is 48.5 Å². The van der Waals surface area contributed by atoms with Gasteiger partial charge in [0, 0.05) is 20.0 Å². The third-order valence-electron chi connectivity index (χ3n) is 5.80. The average molecular weight is 376 g/mol. The van der Waals surface area contributed by atoms with Crippen molar-refractivity contribution in [2.75, 3.05) is 6.54 Å². The van der Waals surface area contributed by atoms with E-state index in [0.29, 0.717) is 0 Å². The van der Waals surface area contributed by atoms with E-state index in [4.69, 9.17) is 4.98 Å². The molecule has 0 radical (unpaired) electrons. The molecule has 146 valence electrons. The van der Waals surface area contributed by atoms with Crippen LogP contribution in [0, 0.1) is 0 Å². The Hall–Kier alpha value is -2.62. The molecule has 2 heterocycles. The number of carbonyl (C=O) groups excluding carboxylic acids is 1. The summed E-state index contributed by atoms with van der Waals surface area (Å²) in [7, 11) is 0. The molecule has 1 saturated heterocycles. The van der Waals surface area contributed by atoms with Gasteiger partial charge in [0.25, 0.3) is 0 Å². The molecule has 1 aromatic heterocycles. The summed E-state index contributed by atoms with van der Waals surface area (Å²) in [6, 6.07) is 17.2. The van der Waals surface area contributed by atoms with Crippen molar-refractivity contribution in [3.8, 4) is 0 Å². The fourth-order valence-corrected chi connectivity index (χ4v) is 4.22. The zero-order valence-electron chi connectivity index (χ0n) is 17.3. The Morgan fingerprint density at radius 3 is 2.50 bits per heavy atom. The van der Waals surface area contributed by atoms with Crippen LogP contribution in [0.3, 0.4) is 0 Å². The Bertz CT molecular complexity index is 995.